The second kappa shape index (κ2) is 4.75. The van der Waals surface area contributed by atoms with Crippen molar-refractivity contribution in [1.82, 2.24) is 0 Å². The Balaban J connectivity index is 1.80. The smallest absolute Gasteiger partial charge is 0.0720 e. The lowest BCUT2D eigenvalue weighted by molar-refractivity contribution is 0.0357. The van der Waals surface area contributed by atoms with E-state index in [9.17, 15) is 5.11 Å². The van der Waals surface area contributed by atoms with Gasteiger partial charge in [0.15, 0.2) is 0 Å². The van der Waals surface area contributed by atoms with Crippen LogP contribution in [0.4, 0.5) is 0 Å². The van der Waals surface area contributed by atoms with Crippen molar-refractivity contribution in [2.24, 2.45) is 5.73 Å². The van der Waals surface area contributed by atoms with Crippen molar-refractivity contribution in [3.05, 3.63) is 35.9 Å². The Morgan fingerprint density at radius 3 is 2.60 bits per heavy atom. The van der Waals surface area contributed by atoms with Gasteiger partial charge in [-0.1, -0.05) is 30.3 Å². The summed E-state index contributed by atoms with van der Waals surface area (Å²) in [4.78, 5) is 0. The van der Waals surface area contributed by atoms with Crippen molar-refractivity contribution in [2.45, 2.75) is 37.7 Å². The van der Waals surface area contributed by atoms with Crippen LogP contribution in [0.15, 0.2) is 30.3 Å². The number of rotatable bonds is 3. The Morgan fingerprint density at radius 2 is 2.00 bits per heavy atom. The van der Waals surface area contributed by atoms with Gasteiger partial charge in [0.2, 0.25) is 0 Å². The highest BCUT2D eigenvalue weighted by molar-refractivity contribution is 5.13. The molecule has 2 rings (SSSR count). The molecular weight excluding hydrogens is 190 g/mol. The predicted molar refractivity (Wildman–Crippen MR) is 58.2 cm³/mol. The number of ether oxygens (including phenoxy) is 1. The van der Waals surface area contributed by atoms with Crippen molar-refractivity contribution in [3.8, 4) is 0 Å². The molecule has 1 aliphatic rings. The third kappa shape index (κ3) is 2.78. The molecule has 0 radical (unpaired) electrons. The molecule has 0 amide bonds. The monoisotopic (exact) mass is 207 g/mol. The lowest BCUT2D eigenvalue weighted by Gasteiger charge is -2.10. The van der Waals surface area contributed by atoms with Gasteiger partial charge in [-0.2, -0.15) is 0 Å². The molecular formula is C12H17NO2. The van der Waals surface area contributed by atoms with E-state index in [4.69, 9.17) is 10.5 Å². The summed E-state index contributed by atoms with van der Waals surface area (Å²) in [6, 6.07) is 9.92. The second-order valence-corrected chi connectivity index (χ2v) is 4.12. The summed E-state index contributed by atoms with van der Waals surface area (Å²) >= 11 is 0. The molecule has 1 saturated carbocycles. The van der Waals surface area contributed by atoms with Gasteiger partial charge in [0.05, 0.1) is 18.8 Å². The molecule has 15 heavy (non-hydrogen) atoms. The third-order valence-corrected chi connectivity index (χ3v) is 2.86. The first-order valence-electron chi connectivity index (χ1n) is 5.35. The molecule has 0 aliphatic heterocycles. The van der Waals surface area contributed by atoms with Gasteiger partial charge in [-0.25, -0.2) is 0 Å². The molecule has 3 nitrogen and oxygen atoms in total. The molecule has 1 aromatic carbocycles. The van der Waals surface area contributed by atoms with E-state index in [-0.39, 0.29) is 12.1 Å². The predicted octanol–water partition coefficient (Wildman–Crippen LogP) is 1.05. The summed E-state index contributed by atoms with van der Waals surface area (Å²) in [5.41, 5.74) is 6.87. The average molecular weight is 207 g/mol. The number of benzene rings is 1. The molecule has 0 bridgehead atoms. The molecule has 3 atom stereocenters. The lowest BCUT2D eigenvalue weighted by Crippen LogP contribution is -2.28. The van der Waals surface area contributed by atoms with E-state index < -0.39 is 6.10 Å². The second-order valence-electron chi connectivity index (χ2n) is 4.12. The van der Waals surface area contributed by atoms with Crippen molar-refractivity contribution >= 4 is 0 Å². The van der Waals surface area contributed by atoms with E-state index in [0.29, 0.717) is 13.0 Å². The molecule has 0 aromatic heterocycles. The molecule has 1 fully saturated rings. The van der Waals surface area contributed by atoms with Crippen molar-refractivity contribution in [1.29, 1.82) is 0 Å². The molecule has 3 unspecified atom stereocenters. The Hall–Kier alpha value is -0.900. The van der Waals surface area contributed by atoms with Crippen LogP contribution in [-0.4, -0.2) is 23.4 Å². The van der Waals surface area contributed by atoms with Crippen LogP contribution >= 0.6 is 0 Å². The fraction of sp³-hybridized carbons (Fsp3) is 0.500. The average Bonchev–Trinajstić information content (AvgIpc) is 2.57. The largest absolute Gasteiger partial charge is 0.391 e. The summed E-state index contributed by atoms with van der Waals surface area (Å²) in [7, 11) is 0. The summed E-state index contributed by atoms with van der Waals surface area (Å²) in [5, 5.41) is 9.46. The van der Waals surface area contributed by atoms with Crippen LogP contribution in [0.3, 0.4) is 0 Å². The highest BCUT2D eigenvalue weighted by atomic mass is 16.5. The first kappa shape index (κ1) is 10.6. The van der Waals surface area contributed by atoms with E-state index in [0.717, 1.165) is 12.0 Å². The maximum absolute atomic E-state index is 9.46. The van der Waals surface area contributed by atoms with Crippen LogP contribution in [-0.2, 0) is 11.3 Å². The first-order chi connectivity index (χ1) is 7.25. The van der Waals surface area contributed by atoms with Gasteiger partial charge in [0.25, 0.3) is 0 Å². The van der Waals surface area contributed by atoms with Gasteiger partial charge in [-0.3, -0.25) is 0 Å². The SMILES string of the molecule is NC1CC(OCc2ccccc2)CC1O. The topological polar surface area (TPSA) is 55.5 Å². The Kier molecular flexibility index (Phi) is 3.36. The molecule has 3 N–H and O–H groups in total. The summed E-state index contributed by atoms with van der Waals surface area (Å²) in [5.74, 6) is 0. The highest BCUT2D eigenvalue weighted by Gasteiger charge is 2.30. The van der Waals surface area contributed by atoms with Gasteiger partial charge in [0, 0.05) is 12.5 Å². The van der Waals surface area contributed by atoms with E-state index in [2.05, 4.69) is 0 Å². The molecule has 0 spiro atoms. The highest BCUT2D eigenvalue weighted by Crippen LogP contribution is 2.22. The zero-order chi connectivity index (χ0) is 10.7. The molecule has 0 saturated heterocycles. The van der Waals surface area contributed by atoms with Crippen molar-refractivity contribution < 1.29 is 9.84 Å². The molecule has 82 valence electrons. The maximum Gasteiger partial charge on any atom is 0.0720 e. The van der Waals surface area contributed by atoms with Gasteiger partial charge in [0.1, 0.15) is 0 Å². The van der Waals surface area contributed by atoms with Gasteiger partial charge < -0.3 is 15.6 Å². The molecule has 1 aliphatic carbocycles. The number of nitrogens with two attached hydrogens (primary N) is 1. The fourth-order valence-corrected chi connectivity index (χ4v) is 1.93. The van der Waals surface area contributed by atoms with E-state index in [1.807, 2.05) is 30.3 Å². The van der Waals surface area contributed by atoms with Crippen LogP contribution in [0.5, 0.6) is 0 Å². The summed E-state index contributed by atoms with van der Waals surface area (Å²) in [6.07, 6.45) is 1.13. The Labute approximate surface area is 89.9 Å². The number of hydrogen-bond donors (Lipinski definition) is 2. The van der Waals surface area contributed by atoms with Gasteiger partial charge >= 0.3 is 0 Å². The zero-order valence-corrected chi connectivity index (χ0v) is 8.67. The first-order valence-corrected chi connectivity index (χ1v) is 5.35. The lowest BCUT2D eigenvalue weighted by atomic mass is 10.2. The normalized spacial score (nSPS) is 30.7. The summed E-state index contributed by atoms with van der Waals surface area (Å²) in [6.45, 7) is 0.602. The Bertz CT molecular complexity index is 292. The minimum absolute atomic E-state index is 0.107. The zero-order valence-electron chi connectivity index (χ0n) is 8.67. The van der Waals surface area contributed by atoms with E-state index in [1.165, 1.54) is 0 Å². The van der Waals surface area contributed by atoms with E-state index >= 15 is 0 Å². The third-order valence-electron chi connectivity index (χ3n) is 2.86. The quantitative estimate of drug-likeness (QED) is 0.779. The number of aliphatic hydroxyl groups excluding tert-OH is 1. The van der Waals surface area contributed by atoms with Crippen LogP contribution in [0.1, 0.15) is 18.4 Å². The number of aliphatic hydroxyl groups is 1. The van der Waals surface area contributed by atoms with E-state index in [1.54, 1.807) is 0 Å². The van der Waals surface area contributed by atoms with Crippen molar-refractivity contribution in [3.63, 3.8) is 0 Å². The molecule has 1 aromatic rings. The van der Waals surface area contributed by atoms with Crippen LogP contribution in [0.25, 0.3) is 0 Å². The summed E-state index contributed by atoms with van der Waals surface area (Å²) < 4.78 is 5.69. The van der Waals surface area contributed by atoms with Crippen LogP contribution in [0, 0.1) is 0 Å². The minimum atomic E-state index is -0.397. The van der Waals surface area contributed by atoms with Crippen molar-refractivity contribution in [2.75, 3.05) is 0 Å². The standard InChI is InChI=1S/C12H17NO2/c13-11-6-10(7-12(11)14)15-8-9-4-2-1-3-5-9/h1-5,10-12,14H,6-8,13H2. The van der Waals surface area contributed by atoms with Gasteiger partial charge in [-0.05, 0) is 12.0 Å². The Morgan fingerprint density at radius 1 is 1.27 bits per heavy atom. The minimum Gasteiger partial charge on any atom is -0.391 e. The molecule has 3 heteroatoms. The van der Waals surface area contributed by atoms with Crippen LogP contribution in [0.2, 0.25) is 0 Å². The number of hydrogen-bond acceptors (Lipinski definition) is 3. The fourth-order valence-electron chi connectivity index (χ4n) is 1.93. The van der Waals surface area contributed by atoms with Gasteiger partial charge in [-0.15, -0.1) is 0 Å². The van der Waals surface area contributed by atoms with Crippen LogP contribution < -0.4 is 5.73 Å². The maximum atomic E-state index is 9.46. The molecule has 0 heterocycles.